The first-order valence-corrected chi connectivity index (χ1v) is 9.91. The number of amides is 1. The van der Waals surface area contributed by atoms with Crippen LogP contribution < -0.4 is 9.62 Å². The summed E-state index contributed by atoms with van der Waals surface area (Å²) in [5, 5.41) is 4.18. The fourth-order valence-corrected chi connectivity index (χ4v) is 3.91. The highest BCUT2D eigenvalue weighted by molar-refractivity contribution is 7.87. The van der Waals surface area contributed by atoms with Crippen molar-refractivity contribution >= 4 is 21.9 Å². The second kappa shape index (κ2) is 8.09. The van der Waals surface area contributed by atoms with Gasteiger partial charge in [0.2, 0.25) is 5.91 Å². The monoisotopic (exact) mass is 357 g/mol. The number of anilines is 1. The Morgan fingerprint density at radius 3 is 2.83 bits per heavy atom. The molecule has 136 valence electrons. The van der Waals surface area contributed by atoms with Gasteiger partial charge in [-0.1, -0.05) is 13.3 Å². The maximum Gasteiger partial charge on any atom is 0.279 e. The summed E-state index contributed by atoms with van der Waals surface area (Å²) >= 11 is 0. The summed E-state index contributed by atoms with van der Waals surface area (Å²) in [5.74, 6) is 0.495. The quantitative estimate of drug-likeness (QED) is 0.751. The molecular formula is C15H27N5O3S. The van der Waals surface area contributed by atoms with E-state index in [2.05, 4.69) is 9.82 Å². The van der Waals surface area contributed by atoms with Crippen LogP contribution in [0.25, 0.3) is 0 Å². The molecule has 1 amide bonds. The number of carbonyl (C=O) groups is 1. The van der Waals surface area contributed by atoms with Crippen LogP contribution in [0.5, 0.6) is 0 Å². The number of nitrogens with one attached hydrogen (secondary N) is 1. The molecule has 0 radical (unpaired) electrons. The normalized spacial score (nSPS) is 19.2. The highest BCUT2D eigenvalue weighted by Gasteiger charge is 2.34. The SMILES string of the molecule is CCCCN(C)S(=O)(=O)N[C@H]1CCCN(c2ccnn2CC)C1=O. The zero-order valence-corrected chi connectivity index (χ0v) is 15.4. The predicted octanol–water partition coefficient (Wildman–Crippen LogP) is 0.965. The van der Waals surface area contributed by atoms with E-state index in [1.807, 2.05) is 13.8 Å². The number of hydrogen-bond donors (Lipinski definition) is 1. The van der Waals surface area contributed by atoms with Gasteiger partial charge >= 0.3 is 0 Å². The van der Waals surface area contributed by atoms with Crippen molar-refractivity contribution in [2.45, 2.75) is 52.1 Å². The summed E-state index contributed by atoms with van der Waals surface area (Å²) in [6.45, 7) is 5.64. The number of aryl methyl sites for hydroxylation is 1. The average molecular weight is 357 g/mol. The minimum atomic E-state index is -3.66. The van der Waals surface area contributed by atoms with Gasteiger partial charge in [-0.15, -0.1) is 0 Å². The topological polar surface area (TPSA) is 87.5 Å². The molecule has 0 spiro atoms. The third kappa shape index (κ3) is 4.14. The zero-order valence-electron chi connectivity index (χ0n) is 14.6. The van der Waals surface area contributed by atoms with E-state index in [0.29, 0.717) is 31.9 Å². The molecule has 2 rings (SSSR count). The van der Waals surface area contributed by atoms with Crippen LogP contribution in [0, 0.1) is 0 Å². The number of unbranched alkanes of at least 4 members (excludes halogenated alkanes) is 1. The minimum Gasteiger partial charge on any atom is -0.296 e. The Bertz CT molecular complexity index is 658. The van der Waals surface area contributed by atoms with Gasteiger partial charge in [-0.25, -0.2) is 4.68 Å². The first-order valence-electron chi connectivity index (χ1n) is 8.47. The zero-order chi connectivity index (χ0) is 17.7. The van der Waals surface area contributed by atoms with Crippen molar-refractivity contribution in [3.8, 4) is 0 Å². The van der Waals surface area contributed by atoms with E-state index in [9.17, 15) is 13.2 Å². The number of hydrogen-bond acceptors (Lipinski definition) is 4. The predicted molar refractivity (Wildman–Crippen MR) is 92.9 cm³/mol. The fourth-order valence-electron chi connectivity index (χ4n) is 2.78. The van der Waals surface area contributed by atoms with Crippen molar-refractivity contribution in [2.75, 3.05) is 25.0 Å². The number of rotatable bonds is 8. The molecule has 0 aromatic carbocycles. The molecule has 1 aromatic rings. The first-order chi connectivity index (χ1) is 11.4. The second-order valence-corrected chi connectivity index (χ2v) is 7.80. The van der Waals surface area contributed by atoms with Gasteiger partial charge in [-0.2, -0.15) is 22.5 Å². The van der Waals surface area contributed by atoms with Crippen LogP contribution >= 0.6 is 0 Å². The smallest absolute Gasteiger partial charge is 0.279 e. The highest BCUT2D eigenvalue weighted by atomic mass is 32.2. The van der Waals surface area contributed by atoms with Crippen LogP contribution in [0.3, 0.4) is 0 Å². The lowest BCUT2D eigenvalue weighted by Crippen LogP contribution is -2.55. The van der Waals surface area contributed by atoms with Gasteiger partial charge in [0.05, 0.1) is 6.20 Å². The number of carbonyl (C=O) groups excluding carboxylic acids is 1. The summed E-state index contributed by atoms with van der Waals surface area (Å²) in [4.78, 5) is 14.4. The molecule has 1 saturated heterocycles. The van der Waals surface area contributed by atoms with Gasteiger partial charge in [0.15, 0.2) is 0 Å². The lowest BCUT2D eigenvalue weighted by atomic mass is 10.1. The summed E-state index contributed by atoms with van der Waals surface area (Å²) < 4.78 is 30.4. The van der Waals surface area contributed by atoms with Gasteiger partial charge < -0.3 is 0 Å². The Morgan fingerprint density at radius 1 is 1.42 bits per heavy atom. The number of piperidine rings is 1. The van der Waals surface area contributed by atoms with Gasteiger partial charge in [0.1, 0.15) is 11.9 Å². The second-order valence-electron chi connectivity index (χ2n) is 5.99. The lowest BCUT2D eigenvalue weighted by molar-refractivity contribution is -0.121. The molecule has 1 atom stereocenters. The van der Waals surface area contributed by atoms with Crippen LogP contribution in [-0.4, -0.2) is 54.6 Å². The maximum absolute atomic E-state index is 12.7. The van der Waals surface area contributed by atoms with Crippen LogP contribution in [0.1, 0.15) is 39.5 Å². The van der Waals surface area contributed by atoms with Crippen LogP contribution in [0.2, 0.25) is 0 Å². The van der Waals surface area contributed by atoms with E-state index in [1.165, 1.54) is 11.4 Å². The molecule has 0 unspecified atom stereocenters. The van der Waals surface area contributed by atoms with E-state index < -0.39 is 16.3 Å². The largest absolute Gasteiger partial charge is 0.296 e. The third-order valence-corrected chi connectivity index (χ3v) is 5.82. The van der Waals surface area contributed by atoms with E-state index in [0.717, 1.165) is 19.3 Å². The molecule has 1 aromatic heterocycles. The molecule has 1 fully saturated rings. The number of nitrogens with zero attached hydrogens (tertiary/aromatic N) is 4. The van der Waals surface area contributed by atoms with Crippen molar-refractivity contribution in [3.63, 3.8) is 0 Å². The Labute approximate surface area is 144 Å². The molecule has 0 bridgehead atoms. The molecule has 0 aliphatic carbocycles. The van der Waals surface area contributed by atoms with Gasteiger partial charge in [-0.3, -0.25) is 9.69 Å². The van der Waals surface area contributed by atoms with E-state index in [-0.39, 0.29) is 5.91 Å². The molecule has 1 N–H and O–H groups in total. The molecule has 8 nitrogen and oxygen atoms in total. The summed E-state index contributed by atoms with van der Waals surface area (Å²) in [5.41, 5.74) is 0. The van der Waals surface area contributed by atoms with Crippen LogP contribution in [0.4, 0.5) is 5.82 Å². The Hall–Kier alpha value is -1.45. The van der Waals surface area contributed by atoms with Crippen LogP contribution in [0.15, 0.2) is 12.3 Å². The standard InChI is InChI=1S/C15H27N5O3S/c1-4-6-11-18(3)24(22,23)17-13-8-7-12-19(15(13)21)14-9-10-16-20(14)5-2/h9-10,13,17H,4-8,11-12H2,1-3H3/t13-/m0/s1. The average Bonchev–Trinajstić information content (AvgIpc) is 3.02. The molecule has 24 heavy (non-hydrogen) atoms. The maximum atomic E-state index is 12.7. The summed E-state index contributed by atoms with van der Waals surface area (Å²) in [6, 6.07) is 1.05. The van der Waals surface area contributed by atoms with E-state index >= 15 is 0 Å². The fraction of sp³-hybridized carbons (Fsp3) is 0.733. The van der Waals surface area contributed by atoms with Crippen molar-refractivity contribution in [1.29, 1.82) is 0 Å². The molecule has 2 heterocycles. The first kappa shape index (κ1) is 18.9. The Morgan fingerprint density at radius 2 is 2.17 bits per heavy atom. The highest BCUT2D eigenvalue weighted by Crippen LogP contribution is 2.21. The minimum absolute atomic E-state index is 0.219. The molecule has 1 aliphatic heterocycles. The molecule has 1 aliphatic rings. The lowest BCUT2D eigenvalue weighted by Gasteiger charge is -2.33. The van der Waals surface area contributed by atoms with Crippen molar-refractivity contribution in [2.24, 2.45) is 0 Å². The Kier molecular flexibility index (Phi) is 6.36. The van der Waals surface area contributed by atoms with Gasteiger partial charge in [0, 0.05) is 32.7 Å². The summed E-state index contributed by atoms with van der Waals surface area (Å²) in [6.07, 6.45) is 4.61. The van der Waals surface area contributed by atoms with Crippen molar-refractivity contribution < 1.29 is 13.2 Å². The van der Waals surface area contributed by atoms with Crippen molar-refractivity contribution in [1.82, 2.24) is 18.8 Å². The number of aromatic nitrogens is 2. The third-order valence-electron chi connectivity index (χ3n) is 4.24. The molecular weight excluding hydrogens is 330 g/mol. The van der Waals surface area contributed by atoms with Crippen LogP contribution in [-0.2, 0) is 21.5 Å². The van der Waals surface area contributed by atoms with Crippen molar-refractivity contribution in [3.05, 3.63) is 12.3 Å². The van der Waals surface area contributed by atoms with Gasteiger partial charge in [0.25, 0.3) is 10.2 Å². The van der Waals surface area contributed by atoms with E-state index in [4.69, 9.17) is 0 Å². The summed E-state index contributed by atoms with van der Waals surface area (Å²) in [7, 11) is -2.12. The van der Waals surface area contributed by atoms with E-state index in [1.54, 1.807) is 21.8 Å². The molecule has 9 heteroatoms. The Balaban J connectivity index is 2.10. The van der Waals surface area contributed by atoms with Gasteiger partial charge in [-0.05, 0) is 26.2 Å². The molecule has 0 saturated carbocycles.